The van der Waals surface area contributed by atoms with Crippen LogP contribution in [0.15, 0.2) is 29.4 Å². The second-order valence-corrected chi connectivity index (χ2v) is 5.58. The van der Waals surface area contributed by atoms with Crippen LogP contribution in [0.3, 0.4) is 0 Å². The third-order valence-electron chi connectivity index (χ3n) is 2.63. The molecule has 0 atom stereocenters. The van der Waals surface area contributed by atoms with Crippen molar-refractivity contribution < 1.29 is 12.8 Å². The Morgan fingerprint density at radius 3 is 2.84 bits per heavy atom. The summed E-state index contributed by atoms with van der Waals surface area (Å²) in [6.45, 7) is 1.63. The molecule has 19 heavy (non-hydrogen) atoms. The molecule has 0 amide bonds. The van der Waals surface area contributed by atoms with E-state index >= 15 is 0 Å². The van der Waals surface area contributed by atoms with Crippen LogP contribution in [0, 0.1) is 12.7 Å². The van der Waals surface area contributed by atoms with E-state index in [1.165, 1.54) is 18.3 Å². The Kier molecular flexibility index (Phi) is 3.54. The molecule has 0 aliphatic rings. The lowest BCUT2D eigenvalue weighted by Gasteiger charge is -2.11. The summed E-state index contributed by atoms with van der Waals surface area (Å²) in [5.74, 6) is -0.641. The number of sulfonamides is 1. The van der Waals surface area contributed by atoms with E-state index in [-0.39, 0.29) is 17.3 Å². The monoisotopic (exact) mass is 284 g/mol. The fourth-order valence-corrected chi connectivity index (χ4v) is 2.91. The quantitative estimate of drug-likeness (QED) is 0.783. The number of nitrogens with two attached hydrogens (primary N) is 1. The van der Waals surface area contributed by atoms with Gasteiger partial charge in [-0.3, -0.25) is 9.82 Å². The number of benzene rings is 1. The van der Waals surface area contributed by atoms with Gasteiger partial charge in [0.25, 0.3) is 10.0 Å². The molecule has 1 aromatic carbocycles. The molecule has 0 aliphatic heterocycles. The van der Waals surface area contributed by atoms with Gasteiger partial charge in [-0.1, -0.05) is 12.1 Å². The lowest BCUT2D eigenvalue weighted by atomic mass is 10.2. The highest BCUT2D eigenvalue weighted by Gasteiger charge is 2.22. The lowest BCUT2D eigenvalue weighted by molar-refractivity contribution is 0.593. The Bertz CT molecular complexity index is 676. The number of hydrogen-bond acceptors (Lipinski definition) is 4. The van der Waals surface area contributed by atoms with Gasteiger partial charge in [-0.2, -0.15) is 13.5 Å². The van der Waals surface area contributed by atoms with E-state index in [9.17, 15) is 12.8 Å². The van der Waals surface area contributed by atoms with Crippen LogP contribution in [-0.4, -0.2) is 18.6 Å². The van der Waals surface area contributed by atoms with Crippen molar-refractivity contribution in [1.82, 2.24) is 10.2 Å². The predicted octanol–water partition coefficient (Wildman–Crippen LogP) is 1.12. The number of para-hydroxylation sites is 1. The van der Waals surface area contributed by atoms with Crippen molar-refractivity contribution in [3.05, 3.63) is 41.3 Å². The molecule has 0 bridgehead atoms. The average Bonchev–Trinajstić information content (AvgIpc) is 2.83. The maximum Gasteiger partial charge on any atom is 0.279 e. The summed E-state index contributed by atoms with van der Waals surface area (Å²) in [4.78, 5) is 0. The highest BCUT2D eigenvalue weighted by Crippen LogP contribution is 2.23. The number of aryl methyl sites for hydroxylation is 1. The molecule has 1 aromatic heterocycles. The molecule has 8 heteroatoms. The average molecular weight is 284 g/mol. The minimum Gasteiger partial charge on any atom is -0.326 e. The van der Waals surface area contributed by atoms with Gasteiger partial charge in [0.15, 0.2) is 5.03 Å². The second-order valence-electron chi connectivity index (χ2n) is 3.97. The van der Waals surface area contributed by atoms with Crippen LogP contribution in [0.1, 0.15) is 11.1 Å². The summed E-state index contributed by atoms with van der Waals surface area (Å²) in [5, 5.41) is 5.83. The van der Waals surface area contributed by atoms with Crippen molar-refractivity contribution in [2.75, 3.05) is 4.72 Å². The van der Waals surface area contributed by atoms with Crippen molar-refractivity contribution in [1.29, 1.82) is 0 Å². The number of halogens is 1. The summed E-state index contributed by atoms with van der Waals surface area (Å²) < 4.78 is 40.1. The van der Waals surface area contributed by atoms with Crippen molar-refractivity contribution in [2.45, 2.75) is 18.5 Å². The Morgan fingerprint density at radius 2 is 2.21 bits per heavy atom. The highest BCUT2D eigenvalue weighted by atomic mass is 32.2. The first-order chi connectivity index (χ1) is 8.95. The van der Waals surface area contributed by atoms with E-state index in [4.69, 9.17) is 5.73 Å². The second kappa shape index (κ2) is 4.98. The van der Waals surface area contributed by atoms with E-state index < -0.39 is 15.8 Å². The Morgan fingerprint density at radius 1 is 1.47 bits per heavy atom. The summed E-state index contributed by atoms with van der Waals surface area (Å²) >= 11 is 0. The largest absolute Gasteiger partial charge is 0.326 e. The fraction of sp³-hybridized carbons (Fsp3) is 0.182. The lowest BCUT2D eigenvalue weighted by Crippen LogP contribution is -2.17. The van der Waals surface area contributed by atoms with Crippen molar-refractivity contribution in [3.63, 3.8) is 0 Å². The molecular weight excluding hydrogens is 271 g/mol. The van der Waals surface area contributed by atoms with Gasteiger partial charge < -0.3 is 5.73 Å². The number of hydrogen-bond donors (Lipinski definition) is 3. The minimum atomic E-state index is -3.95. The first kappa shape index (κ1) is 13.5. The molecule has 0 radical (unpaired) electrons. The van der Waals surface area contributed by atoms with Gasteiger partial charge in [-0.15, -0.1) is 0 Å². The first-order valence-electron chi connectivity index (χ1n) is 5.46. The molecule has 6 nitrogen and oxygen atoms in total. The number of rotatable bonds is 4. The molecule has 2 rings (SSSR count). The van der Waals surface area contributed by atoms with Gasteiger partial charge in [-0.05, 0) is 18.6 Å². The van der Waals surface area contributed by atoms with Gasteiger partial charge in [0.05, 0.1) is 11.9 Å². The van der Waals surface area contributed by atoms with E-state index in [2.05, 4.69) is 14.9 Å². The van der Waals surface area contributed by atoms with E-state index in [0.717, 1.165) is 0 Å². The molecule has 1 heterocycles. The molecule has 0 saturated carbocycles. The van der Waals surface area contributed by atoms with Gasteiger partial charge in [0.1, 0.15) is 5.82 Å². The standard InChI is InChI=1S/C11H13FN4O2S/c1-7-3-2-4-9(12)10(7)16-19(17,18)11-8(5-13)6-14-15-11/h2-4,6,16H,5,13H2,1H3,(H,14,15). The summed E-state index contributed by atoms with van der Waals surface area (Å²) in [6, 6.07) is 4.30. The summed E-state index contributed by atoms with van der Waals surface area (Å²) in [7, 11) is -3.95. The zero-order valence-corrected chi connectivity index (χ0v) is 11.0. The van der Waals surface area contributed by atoms with E-state index in [0.29, 0.717) is 11.1 Å². The highest BCUT2D eigenvalue weighted by molar-refractivity contribution is 7.92. The Labute approximate surface area is 109 Å². The summed E-state index contributed by atoms with van der Waals surface area (Å²) in [5.41, 5.74) is 6.15. The van der Waals surface area contributed by atoms with Crippen LogP contribution < -0.4 is 10.5 Å². The van der Waals surface area contributed by atoms with Crippen LogP contribution in [0.4, 0.5) is 10.1 Å². The Hall–Kier alpha value is -1.93. The fourth-order valence-electron chi connectivity index (χ4n) is 1.62. The number of H-pyrrole nitrogens is 1. The van der Waals surface area contributed by atoms with Crippen molar-refractivity contribution >= 4 is 15.7 Å². The molecule has 102 valence electrons. The van der Waals surface area contributed by atoms with Crippen molar-refractivity contribution in [3.8, 4) is 0 Å². The van der Waals surface area contributed by atoms with Crippen molar-refractivity contribution in [2.24, 2.45) is 5.73 Å². The van der Waals surface area contributed by atoms with Gasteiger partial charge in [0, 0.05) is 12.1 Å². The maximum atomic E-state index is 13.6. The molecule has 0 spiro atoms. The first-order valence-corrected chi connectivity index (χ1v) is 6.94. The predicted molar refractivity (Wildman–Crippen MR) is 68.4 cm³/mol. The third-order valence-corrected chi connectivity index (χ3v) is 3.99. The normalized spacial score (nSPS) is 11.5. The van der Waals surface area contributed by atoms with Crippen LogP contribution in [0.25, 0.3) is 0 Å². The molecule has 0 unspecified atom stereocenters. The van der Waals surface area contributed by atoms with Gasteiger partial charge in [-0.25, -0.2) is 4.39 Å². The van der Waals surface area contributed by atoms with Gasteiger partial charge in [0.2, 0.25) is 0 Å². The number of aromatic nitrogens is 2. The molecule has 0 aliphatic carbocycles. The van der Waals surface area contributed by atoms with E-state index in [1.54, 1.807) is 13.0 Å². The van der Waals surface area contributed by atoms with Crippen LogP contribution >= 0.6 is 0 Å². The molecule has 4 N–H and O–H groups in total. The number of aromatic amines is 1. The zero-order chi connectivity index (χ0) is 14.0. The number of nitrogens with one attached hydrogen (secondary N) is 2. The van der Waals surface area contributed by atoms with Gasteiger partial charge >= 0.3 is 0 Å². The minimum absolute atomic E-state index is 0.0169. The van der Waals surface area contributed by atoms with Crippen LogP contribution in [0.5, 0.6) is 0 Å². The number of nitrogens with zero attached hydrogens (tertiary/aromatic N) is 1. The Balaban J connectivity index is 2.43. The topological polar surface area (TPSA) is 101 Å². The van der Waals surface area contributed by atoms with E-state index in [1.807, 2.05) is 0 Å². The smallest absolute Gasteiger partial charge is 0.279 e. The molecule has 0 saturated heterocycles. The SMILES string of the molecule is Cc1cccc(F)c1NS(=O)(=O)c1[nH]ncc1CN. The van der Waals surface area contributed by atoms with Crippen LogP contribution in [-0.2, 0) is 16.6 Å². The molecular formula is C11H13FN4O2S. The maximum absolute atomic E-state index is 13.6. The number of anilines is 1. The third kappa shape index (κ3) is 2.59. The molecule has 2 aromatic rings. The zero-order valence-electron chi connectivity index (χ0n) is 10.1. The molecule has 0 fully saturated rings. The van der Waals surface area contributed by atoms with Crippen LogP contribution in [0.2, 0.25) is 0 Å². The summed E-state index contributed by atoms with van der Waals surface area (Å²) in [6.07, 6.45) is 1.32.